The molecule has 8 nitrogen and oxygen atoms in total. The topological polar surface area (TPSA) is 103 Å². The molecule has 3 heterocycles. The molecule has 0 radical (unpaired) electrons. The van der Waals surface area contributed by atoms with Crippen LogP contribution in [0, 0.1) is 0 Å². The number of hydrogen-bond donors (Lipinski definition) is 2. The summed E-state index contributed by atoms with van der Waals surface area (Å²) >= 11 is 0. The molecule has 0 spiro atoms. The van der Waals surface area contributed by atoms with Crippen LogP contribution in [0.1, 0.15) is 26.3 Å². The van der Waals surface area contributed by atoms with Gasteiger partial charge in [-0.2, -0.15) is 0 Å². The second-order valence-corrected chi connectivity index (χ2v) is 7.36. The molecule has 3 aromatic rings. The lowest BCUT2D eigenvalue weighted by atomic mass is 10.1. The van der Waals surface area contributed by atoms with Gasteiger partial charge in [0.1, 0.15) is 6.04 Å². The van der Waals surface area contributed by atoms with Gasteiger partial charge in [0.2, 0.25) is 0 Å². The van der Waals surface area contributed by atoms with Gasteiger partial charge in [0.15, 0.2) is 0 Å². The minimum Gasteiger partial charge on any atom is -0.361 e. The van der Waals surface area contributed by atoms with Gasteiger partial charge < -0.3 is 10.3 Å². The van der Waals surface area contributed by atoms with E-state index in [4.69, 9.17) is 0 Å². The zero-order valence-corrected chi connectivity index (χ0v) is 15.9. The predicted molar refractivity (Wildman–Crippen MR) is 108 cm³/mol. The van der Waals surface area contributed by atoms with Gasteiger partial charge in [-0.05, 0) is 23.8 Å². The zero-order valence-electron chi connectivity index (χ0n) is 15.9. The van der Waals surface area contributed by atoms with Crippen LogP contribution >= 0.6 is 0 Å². The van der Waals surface area contributed by atoms with Crippen molar-refractivity contribution in [3.63, 3.8) is 0 Å². The number of carbonyl (C=O) groups is 4. The molecule has 2 aliphatic heterocycles. The highest BCUT2D eigenvalue weighted by Gasteiger charge is 2.40. The molecule has 5 amide bonds. The molecule has 0 unspecified atom stereocenters. The molecule has 0 saturated carbocycles. The maximum atomic E-state index is 12.8. The van der Waals surface area contributed by atoms with E-state index in [0.29, 0.717) is 17.5 Å². The van der Waals surface area contributed by atoms with Gasteiger partial charge in [-0.3, -0.25) is 24.2 Å². The second-order valence-electron chi connectivity index (χ2n) is 7.36. The number of imide groups is 2. The van der Waals surface area contributed by atoms with E-state index in [-0.39, 0.29) is 19.0 Å². The summed E-state index contributed by atoms with van der Waals surface area (Å²) in [4.78, 5) is 55.4. The average molecular weight is 402 g/mol. The van der Waals surface area contributed by atoms with Crippen molar-refractivity contribution in [1.29, 1.82) is 0 Å². The minimum atomic E-state index is -0.682. The van der Waals surface area contributed by atoms with E-state index < -0.39 is 23.9 Å². The van der Waals surface area contributed by atoms with Crippen LogP contribution < -0.4 is 5.32 Å². The Morgan fingerprint density at radius 1 is 0.800 bits per heavy atom. The summed E-state index contributed by atoms with van der Waals surface area (Å²) in [6.45, 7) is -0.0775. The SMILES string of the molecule is O=C1N[C@@H](Cc2c[nH]c3ccccc23)C(=O)N1CCN1C(=O)c2ccccc2C1=O. The summed E-state index contributed by atoms with van der Waals surface area (Å²) in [5.74, 6) is -1.17. The van der Waals surface area contributed by atoms with Gasteiger partial charge in [0.05, 0.1) is 11.1 Å². The Kier molecular flexibility index (Phi) is 4.13. The molecule has 0 bridgehead atoms. The van der Waals surface area contributed by atoms with Crippen molar-refractivity contribution in [2.24, 2.45) is 0 Å². The number of fused-ring (bicyclic) bond motifs is 2. The molecule has 1 aromatic heterocycles. The Morgan fingerprint density at radius 2 is 1.43 bits per heavy atom. The molecule has 8 heteroatoms. The largest absolute Gasteiger partial charge is 0.361 e. The van der Waals surface area contributed by atoms with Crippen LogP contribution in [0.2, 0.25) is 0 Å². The molecular weight excluding hydrogens is 384 g/mol. The number of benzene rings is 2. The fraction of sp³-hybridized carbons (Fsp3) is 0.182. The van der Waals surface area contributed by atoms with Crippen LogP contribution in [-0.2, 0) is 11.2 Å². The first-order valence-corrected chi connectivity index (χ1v) is 9.66. The highest BCUT2D eigenvalue weighted by atomic mass is 16.2. The fourth-order valence-corrected chi connectivity index (χ4v) is 4.09. The molecule has 2 aromatic carbocycles. The molecule has 0 aliphatic carbocycles. The van der Waals surface area contributed by atoms with Gasteiger partial charge in [-0.1, -0.05) is 30.3 Å². The molecule has 1 fully saturated rings. The van der Waals surface area contributed by atoms with E-state index in [1.165, 1.54) is 0 Å². The number of amides is 5. The standard InChI is InChI=1S/C22H18N4O4/c27-19-15-6-1-2-7-16(15)20(28)25(19)9-10-26-21(29)18(24-22(26)30)11-13-12-23-17-8-4-3-5-14(13)17/h1-8,12,18,23H,9-11H2,(H,24,30)/t18-/m0/s1. The van der Waals surface area contributed by atoms with Crippen LogP contribution in [0.25, 0.3) is 10.9 Å². The van der Waals surface area contributed by atoms with Crippen molar-refractivity contribution in [2.45, 2.75) is 12.5 Å². The highest BCUT2D eigenvalue weighted by molar-refractivity contribution is 6.21. The molecule has 1 atom stereocenters. The number of aromatic amines is 1. The summed E-state index contributed by atoms with van der Waals surface area (Å²) < 4.78 is 0. The quantitative estimate of drug-likeness (QED) is 0.503. The van der Waals surface area contributed by atoms with Crippen molar-refractivity contribution < 1.29 is 19.2 Å². The average Bonchev–Trinajstić information content (AvgIpc) is 3.36. The predicted octanol–water partition coefficient (Wildman–Crippen LogP) is 1.93. The molecule has 2 aliphatic rings. The van der Waals surface area contributed by atoms with E-state index in [1.54, 1.807) is 24.3 Å². The van der Waals surface area contributed by atoms with Crippen LogP contribution in [0.5, 0.6) is 0 Å². The number of para-hydroxylation sites is 1. The van der Waals surface area contributed by atoms with Gasteiger partial charge in [0, 0.05) is 36.6 Å². The van der Waals surface area contributed by atoms with Crippen LogP contribution in [0.15, 0.2) is 54.7 Å². The molecule has 5 rings (SSSR count). The van der Waals surface area contributed by atoms with E-state index in [2.05, 4.69) is 10.3 Å². The fourth-order valence-electron chi connectivity index (χ4n) is 4.09. The monoisotopic (exact) mass is 402 g/mol. The molecular formula is C22H18N4O4. The van der Waals surface area contributed by atoms with Gasteiger partial charge in [-0.25, -0.2) is 4.79 Å². The Hall–Kier alpha value is -3.94. The van der Waals surface area contributed by atoms with E-state index >= 15 is 0 Å². The van der Waals surface area contributed by atoms with Crippen molar-refractivity contribution in [3.05, 3.63) is 71.4 Å². The normalized spacial score (nSPS) is 18.5. The lowest BCUT2D eigenvalue weighted by molar-refractivity contribution is -0.127. The number of aromatic nitrogens is 1. The zero-order chi connectivity index (χ0) is 20.8. The Balaban J connectivity index is 1.27. The summed E-state index contributed by atoms with van der Waals surface area (Å²) in [6, 6.07) is 13.1. The van der Waals surface area contributed by atoms with E-state index in [1.807, 2.05) is 30.5 Å². The summed E-state index contributed by atoms with van der Waals surface area (Å²) in [5, 5.41) is 3.71. The number of carbonyl (C=O) groups excluding carboxylic acids is 4. The second kappa shape index (κ2) is 6.84. The van der Waals surface area contributed by atoms with E-state index in [0.717, 1.165) is 26.3 Å². The lowest BCUT2D eigenvalue weighted by Crippen LogP contribution is -2.41. The van der Waals surface area contributed by atoms with Crippen molar-refractivity contribution in [2.75, 3.05) is 13.1 Å². The van der Waals surface area contributed by atoms with Crippen molar-refractivity contribution >= 4 is 34.7 Å². The summed E-state index contributed by atoms with van der Waals surface area (Å²) in [5.41, 5.74) is 2.59. The lowest BCUT2D eigenvalue weighted by Gasteiger charge is -2.18. The maximum absolute atomic E-state index is 12.8. The molecule has 30 heavy (non-hydrogen) atoms. The number of nitrogens with zero attached hydrogens (tertiary/aromatic N) is 2. The van der Waals surface area contributed by atoms with Crippen LogP contribution in [0.4, 0.5) is 4.79 Å². The van der Waals surface area contributed by atoms with Gasteiger partial charge in [0.25, 0.3) is 17.7 Å². The van der Waals surface area contributed by atoms with Crippen molar-refractivity contribution in [1.82, 2.24) is 20.1 Å². The van der Waals surface area contributed by atoms with E-state index in [9.17, 15) is 19.2 Å². The summed E-state index contributed by atoms with van der Waals surface area (Å²) in [7, 11) is 0. The van der Waals surface area contributed by atoms with Crippen LogP contribution in [0.3, 0.4) is 0 Å². The van der Waals surface area contributed by atoms with Gasteiger partial charge >= 0.3 is 6.03 Å². The smallest absolute Gasteiger partial charge is 0.324 e. The maximum Gasteiger partial charge on any atom is 0.324 e. The first kappa shape index (κ1) is 18.1. The third-order valence-electron chi connectivity index (χ3n) is 5.63. The third kappa shape index (κ3) is 2.76. The first-order valence-electron chi connectivity index (χ1n) is 9.66. The number of urea groups is 1. The minimum absolute atomic E-state index is 0.0364. The molecule has 2 N–H and O–H groups in total. The number of rotatable bonds is 5. The number of hydrogen-bond acceptors (Lipinski definition) is 4. The summed E-state index contributed by atoms with van der Waals surface area (Å²) in [6.07, 6.45) is 2.20. The third-order valence-corrected chi connectivity index (χ3v) is 5.63. The van der Waals surface area contributed by atoms with Crippen molar-refractivity contribution in [3.8, 4) is 0 Å². The number of H-pyrrole nitrogens is 1. The Bertz CT molecular complexity index is 1180. The van der Waals surface area contributed by atoms with Crippen LogP contribution in [-0.4, -0.2) is 57.7 Å². The first-order chi connectivity index (χ1) is 14.5. The highest BCUT2D eigenvalue weighted by Crippen LogP contribution is 2.23. The van der Waals surface area contributed by atoms with Gasteiger partial charge in [-0.15, -0.1) is 0 Å². The molecule has 150 valence electrons. The molecule has 1 saturated heterocycles. The Morgan fingerprint density at radius 3 is 2.17 bits per heavy atom. The Labute approximate surface area is 171 Å². The number of nitrogens with one attached hydrogen (secondary N) is 2.